The molecule has 1 unspecified atom stereocenters. The number of hydrogen-bond donors (Lipinski definition) is 2. The largest absolute Gasteiger partial charge is 0.465 e. The quantitative estimate of drug-likeness (QED) is 0.632. The van der Waals surface area contributed by atoms with E-state index in [0.717, 1.165) is 4.90 Å². The Hall–Kier alpha value is -1.30. The van der Waals surface area contributed by atoms with Crippen LogP contribution in [0.15, 0.2) is 0 Å². The summed E-state index contributed by atoms with van der Waals surface area (Å²) in [4.78, 5) is 23.8. The summed E-state index contributed by atoms with van der Waals surface area (Å²) in [6, 6.07) is -0.745. The number of piperazine rings is 1. The molecule has 6 heteroatoms. The average Bonchev–Trinajstić information content (AvgIpc) is 2.15. The van der Waals surface area contributed by atoms with E-state index < -0.39 is 23.7 Å². The second-order valence-corrected chi connectivity index (χ2v) is 4.73. The van der Waals surface area contributed by atoms with Crippen molar-refractivity contribution in [1.82, 2.24) is 10.2 Å². The zero-order valence-electron chi connectivity index (χ0n) is 9.82. The minimum absolute atomic E-state index is 0.305. The van der Waals surface area contributed by atoms with Crippen molar-refractivity contribution in [2.75, 3.05) is 19.6 Å². The monoisotopic (exact) mass is 230 g/mol. The van der Waals surface area contributed by atoms with Crippen molar-refractivity contribution in [2.24, 2.45) is 0 Å². The van der Waals surface area contributed by atoms with Gasteiger partial charge in [-0.05, 0) is 20.8 Å². The molecular weight excluding hydrogens is 212 g/mol. The Bertz CT molecular complexity index is 285. The molecule has 1 aliphatic heterocycles. The third-order valence-electron chi connectivity index (χ3n) is 2.17. The Kier molecular flexibility index (Phi) is 3.74. The minimum Gasteiger partial charge on any atom is -0.465 e. The van der Waals surface area contributed by atoms with Crippen molar-refractivity contribution in [2.45, 2.75) is 32.4 Å². The van der Waals surface area contributed by atoms with Crippen LogP contribution in [-0.2, 0) is 9.53 Å². The fourth-order valence-electron chi connectivity index (χ4n) is 1.51. The van der Waals surface area contributed by atoms with Crippen LogP contribution >= 0.6 is 0 Å². The molecule has 1 saturated heterocycles. The maximum atomic E-state index is 11.8. The number of amides is 1. The third-order valence-corrected chi connectivity index (χ3v) is 2.17. The zero-order valence-corrected chi connectivity index (χ0v) is 9.82. The summed E-state index contributed by atoms with van der Waals surface area (Å²) in [5.74, 6) is -0.498. The van der Waals surface area contributed by atoms with Crippen molar-refractivity contribution in [3.8, 4) is 0 Å². The Labute approximate surface area is 94.6 Å². The summed E-state index contributed by atoms with van der Waals surface area (Å²) >= 11 is 0. The number of rotatable bonds is 1. The summed E-state index contributed by atoms with van der Waals surface area (Å²) in [7, 11) is 0. The lowest BCUT2D eigenvalue weighted by Crippen LogP contribution is -2.57. The predicted molar refractivity (Wildman–Crippen MR) is 57.2 cm³/mol. The van der Waals surface area contributed by atoms with E-state index in [1.165, 1.54) is 0 Å². The number of ether oxygens (including phenoxy) is 1. The first-order valence-corrected chi connectivity index (χ1v) is 5.24. The van der Waals surface area contributed by atoms with E-state index in [2.05, 4.69) is 5.32 Å². The van der Waals surface area contributed by atoms with Gasteiger partial charge in [0, 0.05) is 19.6 Å². The highest BCUT2D eigenvalue weighted by Gasteiger charge is 2.34. The summed E-state index contributed by atoms with van der Waals surface area (Å²) in [5, 5.41) is 11.9. The molecule has 0 saturated carbocycles. The first kappa shape index (κ1) is 12.8. The van der Waals surface area contributed by atoms with Crippen LogP contribution in [0.3, 0.4) is 0 Å². The molecular formula is C10H18N2O4. The molecule has 16 heavy (non-hydrogen) atoms. The van der Waals surface area contributed by atoms with Gasteiger partial charge in [-0.1, -0.05) is 0 Å². The van der Waals surface area contributed by atoms with Gasteiger partial charge in [0.05, 0.1) is 0 Å². The standard InChI is InChI=1S/C10H18N2O4/c1-10(2,3)16-8(13)7-6-11-4-5-12(7)9(14)15/h7,11H,4-6H2,1-3H3,(H,14,15). The van der Waals surface area contributed by atoms with Crippen LogP contribution in [0, 0.1) is 0 Å². The van der Waals surface area contributed by atoms with Crippen molar-refractivity contribution in [3.63, 3.8) is 0 Å². The van der Waals surface area contributed by atoms with Gasteiger partial charge >= 0.3 is 12.1 Å². The van der Waals surface area contributed by atoms with Gasteiger partial charge in [0.15, 0.2) is 0 Å². The number of nitrogens with one attached hydrogen (secondary N) is 1. The van der Waals surface area contributed by atoms with Gasteiger partial charge in [0.1, 0.15) is 11.6 Å². The fraction of sp³-hybridized carbons (Fsp3) is 0.800. The summed E-state index contributed by atoms with van der Waals surface area (Å²) < 4.78 is 5.17. The molecule has 1 rings (SSSR count). The molecule has 0 bridgehead atoms. The molecule has 0 radical (unpaired) electrons. The highest BCUT2D eigenvalue weighted by Crippen LogP contribution is 2.12. The predicted octanol–water partition coefficient (Wildman–Crippen LogP) is 0.280. The molecule has 0 aliphatic carbocycles. The Morgan fingerprint density at radius 2 is 2.06 bits per heavy atom. The van der Waals surface area contributed by atoms with Crippen molar-refractivity contribution < 1.29 is 19.4 Å². The zero-order chi connectivity index (χ0) is 12.3. The number of nitrogens with zero attached hydrogens (tertiary/aromatic N) is 1. The fourth-order valence-corrected chi connectivity index (χ4v) is 1.51. The Morgan fingerprint density at radius 1 is 1.44 bits per heavy atom. The van der Waals surface area contributed by atoms with Crippen LogP contribution in [0.1, 0.15) is 20.8 Å². The van der Waals surface area contributed by atoms with Crippen LogP contribution in [0.2, 0.25) is 0 Å². The van der Waals surface area contributed by atoms with Crippen LogP contribution in [0.4, 0.5) is 4.79 Å². The lowest BCUT2D eigenvalue weighted by molar-refractivity contribution is -0.161. The molecule has 1 atom stereocenters. The molecule has 1 heterocycles. The van der Waals surface area contributed by atoms with E-state index in [4.69, 9.17) is 9.84 Å². The normalized spacial score (nSPS) is 21.7. The number of hydrogen-bond acceptors (Lipinski definition) is 4. The second kappa shape index (κ2) is 4.69. The molecule has 1 fully saturated rings. The lowest BCUT2D eigenvalue weighted by atomic mass is 10.1. The average molecular weight is 230 g/mol. The maximum Gasteiger partial charge on any atom is 0.408 e. The topological polar surface area (TPSA) is 78.9 Å². The van der Waals surface area contributed by atoms with Crippen LogP contribution in [0.5, 0.6) is 0 Å². The van der Waals surface area contributed by atoms with Crippen molar-refractivity contribution >= 4 is 12.1 Å². The minimum atomic E-state index is -1.09. The molecule has 6 nitrogen and oxygen atoms in total. The van der Waals surface area contributed by atoms with E-state index >= 15 is 0 Å². The third kappa shape index (κ3) is 3.37. The highest BCUT2D eigenvalue weighted by molar-refractivity contribution is 5.81. The van der Waals surface area contributed by atoms with Gasteiger partial charge in [-0.25, -0.2) is 9.59 Å². The van der Waals surface area contributed by atoms with Crippen molar-refractivity contribution in [3.05, 3.63) is 0 Å². The van der Waals surface area contributed by atoms with Gasteiger partial charge < -0.3 is 15.2 Å². The maximum absolute atomic E-state index is 11.8. The smallest absolute Gasteiger partial charge is 0.408 e. The summed E-state index contributed by atoms with van der Waals surface area (Å²) in [6.45, 7) is 6.44. The number of carboxylic acid groups (broad SMARTS) is 1. The highest BCUT2D eigenvalue weighted by atomic mass is 16.6. The summed E-state index contributed by atoms with van der Waals surface area (Å²) in [6.07, 6.45) is -1.09. The molecule has 0 aromatic carbocycles. The summed E-state index contributed by atoms with van der Waals surface area (Å²) in [5.41, 5.74) is -0.599. The Balaban J connectivity index is 2.68. The van der Waals surface area contributed by atoms with E-state index in [9.17, 15) is 9.59 Å². The van der Waals surface area contributed by atoms with Gasteiger partial charge in [-0.15, -0.1) is 0 Å². The number of carbonyl (C=O) groups excluding carboxylic acids is 1. The van der Waals surface area contributed by atoms with Gasteiger partial charge in [0.25, 0.3) is 0 Å². The van der Waals surface area contributed by atoms with Crippen LogP contribution < -0.4 is 5.32 Å². The van der Waals surface area contributed by atoms with E-state index in [0.29, 0.717) is 19.6 Å². The second-order valence-electron chi connectivity index (χ2n) is 4.73. The molecule has 1 aliphatic rings. The van der Waals surface area contributed by atoms with Crippen molar-refractivity contribution in [1.29, 1.82) is 0 Å². The SMILES string of the molecule is CC(C)(C)OC(=O)C1CNCCN1C(=O)O. The molecule has 2 N–H and O–H groups in total. The Morgan fingerprint density at radius 3 is 2.56 bits per heavy atom. The lowest BCUT2D eigenvalue weighted by Gasteiger charge is -2.34. The molecule has 1 amide bonds. The van der Waals surface area contributed by atoms with Gasteiger partial charge in [0.2, 0.25) is 0 Å². The van der Waals surface area contributed by atoms with Crippen LogP contribution in [-0.4, -0.2) is 53.3 Å². The number of esters is 1. The van der Waals surface area contributed by atoms with Crippen LogP contribution in [0.25, 0.3) is 0 Å². The van der Waals surface area contributed by atoms with Gasteiger partial charge in [-0.2, -0.15) is 0 Å². The number of carbonyl (C=O) groups is 2. The molecule has 0 aromatic heterocycles. The van der Waals surface area contributed by atoms with E-state index in [1.807, 2.05) is 0 Å². The first-order valence-electron chi connectivity index (χ1n) is 5.24. The van der Waals surface area contributed by atoms with E-state index in [-0.39, 0.29) is 0 Å². The first-order chi connectivity index (χ1) is 7.31. The van der Waals surface area contributed by atoms with Gasteiger partial charge in [-0.3, -0.25) is 4.90 Å². The molecule has 0 aromatic rings. The molecule has 0 spiro atoms. The molecule has 92 valence electrons. The van der Waals surface area contributed by atoms with E-state index in [1.54, 1.807) is 20.8 Å².